The highest BCUT2D eigenvalue weighted by atomic mass is 32.2. The van der Waals surface area contributed by atoms with Crippen molar-refractivity contribution in [1.82, 2.24) is 0 Å². The van der Waals surface area contributed by atoms with Gasteiger partial charge in [0.15, 0.2) is 0 Å². The normalized spacial score (nSPS) is 41.9. The van der Waals surface area contributed by atoms with Crippen molar-refractivity contribution in [3.63, 3.8) is 0 Å². The molecule has 0 radical (unpaired) electrons. The average molecular weight is 176 g/mol. The molecule has 0 aliphatic heterocycles. The van der Waals surface area contributed by atoms with Crippen molar-refractivity contribution in [2.75, 3.05) is 6.26 Å². The third-order valence-corrected chi connectivity index (χ3v) is 4.06. The van der Waals surface area contributed by atoms with Gasteiger partial charge >= 0.3 is 0 Å². The van der Waals surface area contributed by atoms with Gasteiger partial charge in [-0.05, 0) is 31.4 Å². The highest BCUT2D eigenvalue weighted by Gasteiger charge is 2.28. The molecule has 0 aromatic rings. The molecule has 1 rings (SSSR count). The van der Waals surface area contributed by atoms with Gasteiger partial charge in [0.1, 0.15) is 6.17 Å². The molecule has 66 valence electrons. The quantitative estimate of drug-likeness (QED) is 0.539. The van der Waals surface area contributed by atoms with E-state index in [0.717, 1.165) is 12.8 Å². The van der Waals surface area contributed by atoms with Crippen LogP contribution in [0, 0.1) is 5.92 Å². The Morgan fingerprint density at radius 1 is 1.45 bits per heavy atom. The van der Waals surface area contributed by atoms with Crippen LogP contribution < -0.4 is 0 Å². The van der Waals surface area contributed by atoms with E-state index in [1.165, 1.54) is 6.42 Å². The molecule has 1 saturated carbocycles. The first-order valence-electron chi connectivity index (χ1n) is 4.19. The molecule has 0 spiro atoms. The summed E-state index contributed by atoms with van der Waals surface area (Å²) in [4.78, 5) is 0. The summed E-state index contributed by atoms with van der Waals surface area (Å²) >= 11 is 0. The van der Waals surface area contributed by atoms with Crippen LogP contribution >= 0.6 is 10.5 Å². The second-order valence-corrected chi connectivity index (χ2v) is 5.65. The fourth-order valence-electron chi connectivity index (χ4n) is 1.74. The number of hydrogen-bond donors (Lipinski definition) is 0. The standard InChI is InChI=1S/C9H17FS/c1-7-4-5-9(11(2)3)8(10)6-7/h7-9H,2,4-6H2,1,3H3. The van der Waals surface area contributed by atoms with Gasteiger partial charge in [-0.1, -0.05) is 12.8 Å². The Labute approximate surface area is 71.1 Å². The fourth-order valence-corrected chi connectivity index (χ4v) is 2.89. The number of alkyl halides is 1. The fraction of sp³-hybridized carbons (Fsp3) is 0.889. The summed E-state index contributed by atoms with van der Waals surface area (Å²) in [5.74, 6) is 4.51. The molecule has 2 heteroatoms. The SMILES string of the molecule is C=S(C)C1CCC(C)CC1F. The monoisotopic (exact) mass is 176 g/mol. The molecule has 0 bridgehead atoms. The lowest BCUT2D eigenvalue weighted by Crippen LogP contribution is -2.27. The summed E-state index contributed by atoms with van der Waals surface area (Å²) in [5.41, 5.74) is 0. The third kappa shape index (κ3) is 2.29. The molecule has 1 aliphatic rings. The van der Waals surface area contributed by atoms with E-state index in [1.54, 1.807) is 0 Å². The summed E-state index contributed by atoms with van der Waals surface area (Å²) in [6.07, 6.45) is 4.47. The molecular formula is C9H17FS. The van der Waals surface area contributed by atoms with E-state index >= 15 is 0 Å². The van der Waals surface area contributed by atoms with E-state index in [9.17, 15) is 4.39 Å². The topological polar surface area (TPSA) is 0 Å². The molecule has 1 aliphatic carbocycles. The van der Waals surface area contributed by atoms with Gasteiger partial charge in [-0.15, -0.1) is 0 Å². The maximum absolute atomic E-state index is 13.3. The van der Waals surface area contributed by atoms with Gasteiger partial charge in [-0.25, -0.2) is 4.39 Å². The molecule has 1 fully saturated rings. The van der Waals surface area contributed by atoms with Gasteiger partial charge in [0.05, 0.1) is 0 Å². The van der Waals surface area contributed by atoms with E-state index in [0.29, 0.717) is 5.92 Å². The minimum atomic E-state index is -0.579. The minimum Gasteiger partial charge on any atom is -0.246 e. The van der Waals surface area contributed by atoms with Crippen LogP contribution in [0.3, 0.4) is 0 Å². The number of halogens is 1. The van der Waals surface area contributed by atoms with Gasteiger partial charge in [-0.2, -0.15) is 10.5 Å². The maximum atomic E-state index is 13.3. The van der Waals surface area contributed by atoms with Crippen LogP contribution in [0.25, 0.3) is 0 Å². The van der Waals surface area contributed by atoms with Crippen LogP contribution in [0.5, 0.6) is 0 Å². The zero-order chi connectivity index (χ0) is 8.43. The van der Waals surface area contributed by atoms with Gasteiger partial charge in [0, 0.05) is 5.25 Å². The second kappa shape index (κ2) is 3.70. The Kier molecular flexibility index (Phi) is 3.11. The van der Waals surface area contributed by atoms with Crippen molar-refractivity contribution in [2.24, 2.45) is 5.92 Å². The van der Waals surface area contributed by atoms with E-state index in [4.69, 9.17) is 0 Å². The molecule has 0 aromatic carbocycles. The Bertz CT molecular complexity index is 156. The van der Waals surface area contributed by atoms with Crippen molar-refractivity contribution >= 4 is 16.4 Å². The molecule has 0 amide bonds. The lowest BCUT2D eigenvalue weighted by molar-refractivity contribution is 0.216. The van der Waals surface area contributed by atoms with E-state index in [1.807, 2.05) is 6.26 Å². The zero-order valence-electron chi connectivity index (χ0n) is 7.35. The van der Waals surface area contributed by atoms with Crippen LogP contribution in [-0.4, -0.2) is 23.5 Å². The molecule has 0 aromatic heterocycles. The Hall–Kier alpha value is 0.150. The Morgan fingerprint density at radius 3 is 2.55 bits per heavy atom. The molecule has 0 N–H and O–H groups in total. The highest BCUT2D eigenvalue weighted by molar-refractivity contribution is 8.14. The highest BCUT2D eigenvalue weighted by Crippen LogP contribution is 2.34. The molecular weight excluding hydrogens is 159 g/mol. The lowest BCUT2D eigenvalue weighted by Gasteiger charge is -2.30. The predicted molar refractivity (Wildman–Crippen MR) is 52.3 cm³/mol. The summed E-state index contributed by atoms with van der Waals surface area (Å²) in [5, 5.41) is 0.256. The van der Waals surface area contributed by atoms with Crippen molar-refractivity contribution in [1.29, 1.82) is 0 Å². The first-order valence-corrected chi connectivity index (χ1v) is 6.06. The maximum Gasteiger partial charge on any atom is 0.112 e. The summed E-state index contributed by atoms with van der Waals surface area (Å²) in [6.45, 7) is 2.14. The predicted octanol–water partition coefficient (Wildman–Crippen LogP) is 2.84. The smallest absolute Gasteiger partial charge is 0.112 e. The van der Waals surface area contributed by atoms with Crippen LogP contribution in [0.2, 0.25) is 0 Å². The second-order valence-electron chi connectivity index (χ2n) is 3.66. The summed E-state index contributed by atoms with van der Waals surface area (Å²) in [6, 6.07) is 0. The van der Waals surface area contributed by atoms with Gasteiger partial charge in [0.25, 0.3) is 0 Å². The molecule has 0 nitrogen and oxygen atoms in total. The first kappa shape index (κ1) is 9.24. The van der Waals surface area contributed by atoms with Crippen LogP contribution in [0.4, 0.5) is 4.39 Å². The van der Waals surface area contributed by atoms with Gasteiger partial charge < -0.3 is 0 Å². The number of hydrogen-bond acceptors (Lipinski definition) is 0. The van der Waals surface area contributed by atoms with Crippen molar-refractivity contribution in [3.8, 4) is 0 Å². The summed E-state index contributed by atoms with van der Waals surface area (Å²) < 4.78 is 13.3. The molecule has 0 heterocycles. The van der Waals surface area contributed by atoms with Crippen LogP contribution in [0.1, 0.15) is 26.2 Å². The van der Waals surface area contributed by atoms with Crippen molar-refractivity contribution in [2.45, 2.75) is 37.6 Å². The molecule has 11 heavy (non-hydrogen) atoms. The van der Waals surface area contributed by atoms with E-state index in [-0.39, 0.29) is 15.7 Å². The third-order valence-electron chi connectivity index (χ3n) is 2.49. The van der Waals surface area contributed by atoms with E-state index < -0.39 is 6.17 Å². The Morgan fingerprint density at radius 2 is 2.09 bits per heavy atom. The molecule has 0 saturated heterocycles. The van der Waals surface area contributed by atoms with Gasteiger partial charge in [0.2, 0.25) is 0 Å². The van der Waals surface area contributed by atoms with Crippen LogP contribution in [0.15, 0.2) is 0 Å². The zero-order valence-corrected chi connectivity index (χ0v) is 8.16. The number of rotatable bonds is 1. The largest absolute Gasteiger partial charge is 0.246 e. The first-order chi connectivity index (χ1) is 5.11. The lowest BCUT2D eigenvalue weighted by atomic mass is 9.89. The van der Waals surface area contributed by atoms with Crippen molar-refractivity contribution in [3.05, 3.63) is 0 Å². The van der Waals surface area contributed by atoms with Crippen molar-refractivity contribution < 1.29 is 4.39 Å². The molecule has 4 unspecified atom stereocenters. The van der Waals surface area contributed by atoms with Crippen LogP contribution in [-0.2, 0) is 0 Å². The summed E-state index contributed by atoms with van der Waals surface area (Å²) in [7, 11) is 0.0280. The average Bonchev–Trinajstić information content (AvgIpc) is 1.85. The Balaban J connectivity index is 2.50. The van der Waals surface area contributed by atoms with Gasteiger partial charge in [-0.3, -0.25) is 0 Å². The van der Waals surface area contributed by atoms with E-state index in [2.05, 4.69) is 12.8 Å². The molecule has 4 atom stereocenters. The minimum absolute atomic E-state index is 0.0280.